The van der Waals surface area contributed by atoms with Gasteiger partial charge < -0.3 is 14.3 Å². The van der Waals surface area contributed by atoms with Crippen molar-refractivity contribution in [2.45, 2.75) is 71.0 Å². The predicted octanol–water partition coefficient (Wildman–Crippen LogP) is 6.27. The highest BCUT2D eigenvalue weighted by atomic mass is 28.4. The number of amides is 1. The number of carbonyl (C=O) groups is 2. The average Bonchev–Trinajstić information content (AvgIpc) is 3.52. The maximum atomic E-state index is 13.7. The molecule has 1 amide bonds. The van der Waals surface area contributed by atoms with Gasteiger partial charge in [-0.3, -0.25) is 24.2 Å². The fourth-order valence-corrected chi connectivity index (χ4v) is 5.26. The van der Waals surface area contributed by atoms with Gasteiger partial charge in [-0.2, -0.15) is 18.3 Å². The molecule has 0 atom stereocenters. The molecule has 0 radical (unpaired) electrons. The molecule has 9 nitrogen and oxygen atoms in total. The van der Waals surface area contributed by atoms with Crippen molar-refractivity contribution in [2.75, 3.05) is 11.9 Å². The van der Waals surface area contributed by atoms with Gasteiger partial charge in [-0.15, -0.1) is 0 Å². The number of pyridine rings is 2. The van der Waals surface area contributed by atoms with E-state index in [1.54, 1.807) is 18.6 Å². The van der Waals surface area contributed by atoms with Gasteiger partial charge in [0, 0.05) is 42.1 Å². The summed E-state index contributed by atoms with van der Waals surface area (Å²) in [5.74, 6) is -0.980. The fourth-order valence-electron chi connectivity index (χ4n) is 4.12. The van der Waals surface area contributed by atoms with Crippen LogP contribution in [0.15, 0.2) is 55.2 Å². The Kier molecular flexibility index (Phi) is 8.22. The van der Waals surface area contributed by atoms with E-state index in [2.05, 4.69) is 68.1 Å². The van der Waals surface area contributed by atoms with E-state index in [0.29, 0.717) is 17.6 Å². The van der Waals surface area contributed by atoms with Gasteiger partial charge >= 0.3 is 6.18 Å². The van der Waals surface area contributed by atoms with E-state index >= 15 is 0 Å². The van der Waals surface area contributed by atoms with Crippen LogP contribution < -0.4 is 5.32 Å². The van der Waals surface area contributed by atoms with Crippen LogP contribution in [0.3, 0.4) is 0 Å². The second-order valence-electron chi connectivity index (χ2n) is 12.4. The summed E-state index contributed by atoms with van der Waals surface area (Å²) in [6.45, 7) is 15.1. The first-order valence-corrected chi connectivity index (χ1v) is 16.3. The molecule has 0 bridgehead atoms. The van der Waals surface area contributed by atoms with E-state index in [0.717, 1.165) is 22.5 Å². The Morgan fingerprint density at radius 2 is 1.76 bits per heavy atom. The molecule has 0 unspecified atom stereocenters. The average molecular weight is 601 g/mol. The van der Waals surface area contributed by atoms with E-state index in [1.165, 1.54) is 18.3 Å². The number of aromatic nitrogens is 5. The molecule has 0 aliphatic carbocycles. The maximum Gasteiger partial charge on any atom is 0.435 e. The number of anilines is 1. The number of rotatable bonds is 9. The first-order valence-electron chi connectivity index (χ1n) is 13.4. The molecule has 224 valence electrons. The highest BCUT2D eigenvalue weighted by Gasteiger charge is 2.39. The first-order chi connectivity index (χ1) is 19.4. The third-order valence-electron chi connectivity index (χ3n) is 7.61. The standard InChI is InChI=1S/C29H35F3N6O3Si/c1-27(2,3)42(6,7)41-18-28(4,5)38-16-21(20-15-33-11-9-23(20)38)26(40)22-14-19(8-12-34-22)35-25(39)17-37-13-10-24(36-37)29(30,31)32/h8-16H,17-18H2,1-7H3,(H,34,35,39). The minimum absolute atomic E-state index is 0.0450. The summed E-state index contributed by atoms with van der Waals surface area (Å²) in [5, 5.41) is 6.67. The van der Waals surface area contributed by atoms with Crippen LogP contribution in [0.5, 0.6) is 0 Å². The molecule has 1 N–H and O–H groups in total. The smallest absolute Gasteiger partial charge is 0.414 e. The van der Waals surface area contributed by atoms with Crippen molar-refractivity contribution < 1.29 is 27.2 Å². The molecule has 0 fully saturated rings. The summed E-state index contributed by atoms with van der Waals surface area (Å²) in [6.07, 6.45) is 2.94. The van der Waals surface area contributed by atoms with Crippen LogP contribution in [0.25, 0.3) is 10.9 Å². The first kappa shape index (κ1) is 31.1. The molecular weight excluding hydrogens is 565 g/mol. The molecule has 0 spiro atoms. The highest BCUT2D eigenvalue weighted by molar-refractivity contribution is 6.74. The van der Waals surface area contributed by atoms with Crippen LogP contribution in [0, 0.1) is 0 Å². The summed E-state index contributed by atoms with van der Waals surface area (Å²) < 4.78 is 47.9. The minimum atomic E-state index is -4.60. The Labute approximate surface area is 243 Å². The number of halogens is 3. The Morgan fingerprint density at radius 3 is 2.40 bits per heavy atom. The molecule has 0 saturated heterocycles. The van der Waals surface area contributed by atoms with Gasteiger partial charge in [-0.1, -0.05) is 20.8 Å². The number of hydrogen-bond donors (Lipinski definition) is 1. The van der Waals surface area contributed by atoms with E-state index < -0.39 is 38.2 Å². The van der Waals surface area contributed by atoms with Crippen LogP contribution in [0.2, 0.25) is 18.1 Å². The van der Waals surface area contributed by atoms with E-state index in [1.807, 2.05) is 10.6 Å². The van der Waals surface area contributed by atoms with Gasteiger partial charge in [0.15, 0.2) is 14.0 Å². The largest absolute Gasteiger partial charge is 0.435 e. The Morgan fingerprint density at radius 1 is 1.05 bits per heavy atom. The second-order valence-corrected chi connectivity index (χ2v) is 17.2. The molecule has 4 aromatic heterocycles. The minimum Gasteiger partial charge on any atom is -0.414 e. The maximum absolute atomic E-state index is 13.7. The van der Waals surface area contributed by atoms with Crippen molar-refractivity contribution in [3.63, 3.8) is 0 Å². The lowest BCUT2D eigenvalue weighted by Crippen LogP contribution is -2.45. The third kappa shape index (κ3) is 6.62. The highest BCUT2D eigenvalue weighted by Crippen LogP contribution is 2.38. The van der Waals surface area contributed by atoms with Crippen LogP contribution in [0.4, 0.5) is 18.9 Å². The lowest BCUT2D eigenvalue weighted by molar-refractivity contribution is -0.141. The second kappa shape index (κ2) is 11.1. The van der Waals surface area contributed by atoms with Crippen molar-refractivity contribution in [1.29, 1.82) is 0 Å². The van der Waals surface area contributed by atoms with Crippen LogP contribution in [0.1, 0.15) is 56.4 Å². The number of nitrogens with zero attached hydrogens (tertiary/aromatic N) is 5. The fraction of sp³-hybridized carbons (Fsp3) is 0.414. The zero-order valence-corrected chi connectivity index (χ0v) is 25.7. The van der Waals surface area contributed by atoms with E-state index in [-0.39, 0.29) is 22.2 Å². The van der Waals surface area contributed by atoms with E-state index in [4.69, 9.17) is 4.43 Å². The predicted molar refractivity (Wildman–Crippen MR) is 156 cm³/mol. The molecule has 0 saturated carbocycles. The van der Waals surface area contributed by atoms with Crippen molar-refractivity contribution in [3.05, 3.63) is 72.2 Å². The van der Waals surface area contributed by atoms with Crippen molar-refractivity contribution in [3.8, 4) is 0 Å². The molecular formula is C29H35F3N6O3Si. The SMILES string of the molecule is CC(C)(CO[Si](C)(C)C(C)(C)C)n1cc(C(=O)c2cc(NC(=O)Cn3ccc(C(F)(F)F)n3)ccn2)c2cnccc21. The Hall–Kier alpha value is -3.84. The number of hydrogen-bond acceptors (Lipinski definition) is 6. The number of fused-ring (bicyclic) bond motifs is 1. The van der Waals surface area contributed by atoms with Gasteiger partial charge in [0.1, 0.15) is 12.2 Å². The van der Waals surface area contributed by atoms with Crippen LogP contribution >= 0.6 is 0 Å². The van der Waals surface area contributed by atoms with Crippen molar-refractivity contribution in [2.24, 2.45) is 0 Å². The summed E-state index contributed by atoms with van der Waals surface area (Å²) in [7, 11) is -2.03. The topological polar surface area (TPSA) is 104 Å². The third-order valence-corrected chi connectivity index (χ3v) is 12.1. The molecule has 4 aromatic rings. The lowest BCUT2D eigenvalue weighted by atomic mass is 10.1. The van der Waals surface area contributed by atoms with Crippen molar-refractivity contribution >= 4 is 36.6 Å². The molecule has 0 aliphatic heterocycles. The van der Waals surface area contributed by atoms with Crippen molar-refractivity contribution in [1.82, 2.24) is 24.3 Å². The number of nitrogens with one attached hydrogen (secondary N) is 1. The molecule has 42 heavy (non-hydrogen) atoms. The van der Waals surface area contributed by atoms with Crippen LogP contribution in [-0.2, 0) is 27.5 Å². The zero-order chi connectivity index (χ0) is 31.1. The quantitative estimate of drug-likeness (QED) is 0.179. The summed E-state index contributed by atoms with van der Waals surface area (Å²) >= 11 is 0. The van der Waals surface area contributed by atoms with Gasteiger partial charge in [0.2, 0.25) is 11.7 Å². The molecule has 0 aliphatic rings. The normalized spacial score (nSPS) is 13.0. The van der Waals surface area contributed by atoms with Gasteiger partial charge in [0.25, 0.3) is 0 Å². The number of alkyl halides is 3. The zero-order valence-electron chi connectivity index (χ0n) is 24.7. The summed E-state index contributed by atoms with van der Waals surface area (Å²) in [5.41, 5.74) is -0.00804. The molecule has 0 aromatic carbocycles. The van der Waals surface area contributed by atoms with Crippen LogP contribution in [-0.4, -0.2) is 50.9 Å². The summed E-state index contributed by atoms with van der Waals surface area (Å²) in [4.78, 5) is 34.7. The number of ketones is 1. The lowest BCUT2D eigenvalue weighted by Gasteiger charge is -2.39. The summed E-state index contributed by atoms with van der Waals surface area (Å²) in [6, 6.07) is 5.56. The van der Waals surface area contributed by atoms with Gasteiger partial charge in [-0.25, -0.2) is 0 Å². The monoisotopic (exact) mass is 600 g/mol. The van der Waals surface area contributed by atoms with Gasteiger partial charge in [0.05, 0.1) is 23.2 Å². The van der Waals surface area contributed by atoms with E-state index in [9.17, 15) is 22.8 Å². The molecule has 13 heteroatoms. The Balaban J connectivity index is 1.56. The molecule has 4 rings (SSSR count). The molecule has 4 heterocycles. The van der Waals surface area contributed by atoms with Gasteiger partial charge in [-0.05, 0) is 56.2 Å². The Bertz CT molecular complexity index is 1620. The number of carbonyl (C=O) groups excluding carboxylic acids is 2.